The lowest BCUT2D eigenvalue weighted by atomic mass is 10.0. The second kappa shape index (κ2) is 6.16. The molecule has 3 rings (SSSR count). The van der Waals surface area contributed by atoms with Gasteiger partial charge in [-0.05, 0) is 30.5 Å². The summed E-state index contributed by atoms with van der Waals surface area (Å²) in [4.78, 5) is 9.44. The van der Waals surface area contributed by atoms with Crippen molar-refractivity contribution in [3.63, 3.8) is 0 Å². The first-order chi connectivity index (χ1) is 11.0. The molecule has 2 aromatic rings. The number of aliphatic hydroxyl groups is 1. The molecule has 7 heteroatoms. The molecule has 23 heavy (non-hydrogen) atoms. The van der Waals surface area contributed by atoms with Crippen molar-refractivity contribution >= 4 is 5.82 Å². The topological polar surface area (TPSA) is 49.2 Å². The van der Waals surface area contributed by atoms with Crippen LogP contribution in [-0.4, -0.2) is 27.7 Å². The molecule has 1 aliphatic rings. The Morgan fingerprint density at radius 1 is 1.22 bits per heavy atom. The zero-order chi connectivity index (χ0) is 16.6. The Labute approximate surface area is 131 Å². The number of aryl methyl sites for hydroxylation is 1. The number of rotatable bonds is 3. The summed E-state index contributed by atoms with van der Waals surface area (Å²) in [7, 11) is 0. The molecule has 1 fully saturated rings. The monoisotopic (exact) mass is 323 g/mol. The third-order valence-corrected chi connectivity index (χ3v) is 4.06. The van der Waals surface area contributed by atoms with Gasteiger partial charge in [-0.3, -0.25) is 0 Å². The van der Waals surface area contributed by atoms with Crippen molar-refractivity contribution in [2.24, 2.45) is 0 Å². The van der Waals surface area contributed by atoms with Crippen molar-refractivity contribution in [2.45, 2.75) is 31.9 Å². The van der Waals surface area contributed by atoms with Crippen LogP contribution in [0.2, 0.25) is 0 Å². The third kappa shape index (κ3) is 2.88. The Balaban J connectivity index is 2.01. The summed E-state index contributed by atoms with van der Waals surface area (Å²) in [6, 6.07) is 3.06. The molecule has 122 valence electrons. The molecule has 2 heterocycles. The van der Waals surface area contributed by atoms with Crippen LogP contribution in [0.5, 0.6) is 0 Å². The van der Waals surface area contributed by atoms with Gasteiger partial charge in [-0.25, -0.2) is 23.1 Å². The number of aromatic nitrogens is 2. The van der Waals surface area contributed by atoms with E-state index in [1.165, 1.54) is 12.4 Å². The molecule has 4 nitrogen and oxygen atoms in total. The molecule has 0 bridgehead atoms. The van der Waals surface area contributed by atoms with Crippen LogP contribution in [0.25, 0.3) is 0 Å². The minimum atomic E-state index is -0.971. The minimum Gasteiger partial charge on any atom is -0.391 e. The summed E-state index contributed by atoms with van der Waals surface area (Å²) in [5.74, 6) is -2.39. The summed E-state index contributed by atoms with van der Waals surface area (Å²) in [6.45, 7) is 1.95. The number of halogens is 3. The Hall–Kier alpha value is -2.15. The molecule has 2 atom stereocenters. The van der Waals surface area contributed by atoms with Crippen molar-refractivity contribution < 1.29 is 18.3 Å². The highest BCUT2D eigenvalue weighted by Gasteiger charge is 2.35. The normalized spacial score (nSPS) is 21.0. The quantitative estimate of drug-likeness (QED) is 0.944. The number of anilines is 1. The summed E-state index contributed by atoms with van der Waals surface area (Å²) in [5.41, 5.74) is 0.747. The van der Waals surface area contributed by atoms with E-state index < -0.39 is 29.6 Å². The second-order valence-electron chi connectivity index (χ2n) is 5.54. The highest BCUT2D eigenvalue weighted by Crippen LogP contribution is 2.37. The first-order valence-corrected chi connectivity index (χ1v) is 7.40. The largest absolute Gasteiger partial charge is 0.391 e. The van der Waals surface area contributed by atoms with E-state index >= 15 is 0 Å². The second-order valence-corrected chi connectivity index (χ2v) is 5.54. The SMILES string of the molecule is CCc1ncnc(N2C[C@H](O)C[C@@H]2c2ccc(F)c(F)c2)c1F. The molecule has 0 aliphatic carbocycles. The number of aliphatic hydroxyl groups excluding tert-OH is 1. The Morgan fingerprint density at radius 2 is 2.00 bits per heavy atom. The first-order valence-electron chi connectivity index (χ1n) is 7.40. The van der Waals surface area contributed by atoms with E-state index in [9.17, 15) is 18.3 Å². The molecule has 1 aromatic carbocycles. The van der Waals surface area contributed by atoms with Crippen LogP contribution in [0.1, 0.15) is 30.6 Å². The van der Waals surface area contributed by atoms with Gasteiger partial charge in [0.15, 0.2) is 23.3 Å². The molecular weight excluding hydrogens is 307 g/mol. The molecule has 1 aliphatic heterocycles. The Kier molecular flexibility index (Phi) is 4.21. The first kappa shape index (κ1) is 15.7. The highest BCUT2D eigenvalue weighted by atomic mass is 19.2. The van der Waals surface area contributed by atoms with E-state index in [-0.39, 0.29) is 24.5 Å². The number of hydrogen-bond donors (Lipinski definition) is 1. The van der Waals surface area contributed by atoms with E-state index in [0.29, 0.717) is 12.0 Å². The summed E-state index contributed by atoms with van der Waals surface area (Å²) in [6.07, 6.45) is 1.26. The van der Waals surface area contributed by atoms with E-state index in [4.69, 9.17) is 0 Å². The lowest BCUT2D eigenvalue weighted by molar-refractivity contribution is 0.194. The van der Waals surface area contributed by atoms with Gasteiger partial charge in [-0.1, -0.05) is 13.0 Å². The van der Waals surface area contributed by atoms with Crippen LogP contribution < -0.4 is 4.90 Å². The lowest BCUT2D eigenvalue weighted by Gasteiger charge is -2.26. The molecule has 1 N–H and O–H groups in total. The van der Waals surface area contributed by atoms with E-state index in [1.54, 1.807) is 11.8 Å². The van der Waals surface area contributed by atoms with Gasteiger partial charge in [-0.15, -0.1) is 0 Å². The molecule has 1 saturated heterocycles. The van der Waals surface area contributed by atoms with Gasteiger partial charge in [0.05, 0.1) is 17.8 Å². The third-order valence-electron chi connectivity index (χ3n) is 4.06. The fourth-order valence-electron chi connectivity index (χ4n) is 2.93. The molecule has 0 saturated carbocycles. The summed E-state index contributed by atoms with van der Waals surface area (Å²) in [5, 5.41) is 9.96. The van der Waals surface area contributed by atoms with Crippen LogP contribution in [0, 0.1) is 17.5 Å². The van der Waals surface area contributed by atoms with Gasteiger partial charge >= 0.3 is 0 Å². The molecular formula is C16H16F3N3O. The van der Waals surface area contributed by atoms with Crippen molar-refractivity contribution in [3.8, 4) is 0 Å². The summed E-state index contributed by atoms with van der Waals surface area (Å²) >= 11 is 0. The van der Waals surface area contributed by atoms with Gasteiger partial charge in [0.25, 0.3) is 0 Å². The number of nitrogens with zero attached hydrogens (tertiary/aromatic N) is 3. The van der Waals surface area contributed by atoms with Gasteiger partial charge < -0.3 is 10.0 Å². The highest BCUT2D eigenvalue weighted by molar-refractivity contribution is 5.46. The fraction of sp³-hybridized carbons (Fsp3) is 0.375. The van der Waals surface area contributed by atoms with Crippen molar-refractivity contribution in [1.82, 2.24) is 9.97 Å². The molecule has 0 amide bonds. The lowest BCUT2D eigenvalue weighted by Crippen LogP contribution is -2.27. The standard InChI is InChI=1S/C16H16F3N3O/c1-2-13-15(19)16(21-8-20-13)22-7-10(23)6-14(22)9-3-4-11(17)12(18)5-9/h3-5,8,10,14,23H,2,6-7H2,1H3/t10-,14-/m1/s1. The van der Waals surface area contributed by atoms with Crippen molar-refractivity contribution in [3.05, 3.63) is 53.2 Å². The number of benzene rings is 1. The van der Waals surface area contributed by atoms with Gasteiger partial charge in [0.1, 0.15) is 6.33 Å². The molecule has 0 radical (unpaired) electrons. The zero-order valence-corrected chi connectivity index (χ0v) is 12.5. The summed E-state index contributed by atoms with van der Waals surface area (Å²) < 4.78 is 41.1. The van der Waals surface area contributed by atoms with Crippen LogP contribution >= 0.6 is 0 Å². The van der Waals surface area contributed by atoms with Gasteiger partial charge in [-0.2, -0.15) is 0 Å². The van der Waals surface area contributed by atoms with E-state index in [1.807, 2.05) is 0 Å². The predicted molar refractivity (Wildman–Crippen MR) is 78.4 cm³/mol. The van der Waals surface area contributed by atoms with E-state index in [0.717, 1.165) is 12.1 Å². The molecule has 1 aromatic heterocycles. The van der Waals surface area contributed by atoms with E-state index in [2.05, 4.69) is 9.97 Å². The molecule has 0 spiro atoms. The number of β-amino-alcohol motifs (C(OH)–C–C–N with tert-alkyl or cyclic N) is 1. The van der Waals surface area contributed by atoms with Crippen molar-refractivity contribution in [2.75, 3.05) is 11.4 Å². The van der Waals surface area contributed by atoms with Gasteiger partial charge in [0, 0.05) is 6.54 Å². The zero-order valence-electron chi connectivity index (χ0n) is 12.5. The van der Waals surface area contributed by atoms with Crippen molar-refractivity contribution in [1.29, 1.82) is 0 Å². The van der Waals surface area contributed by atoms with Crippen LogP contribution in [-0.2, 0) is 6.42 Å². The maximum absolute atomic E-state index is 14.5. The average Bonchev–Trinajstić information content (AvgIpc) is 2.92. The maximum Gasteiger partial charge on any atom is 0.187 e. The van der Waals surface area contributed by atoms with Crippen LogP contribution in [0.15, 0.2) is 24.5 Å². The Morgan fingerprint density at radius 3 is 2.70 bits per heavy atom. The Bertz CT molecular complexity index is 726. The van der Waals surface area contributed by atoms with Crippen LogP contribution in [0.3, 0.4) is 0 Å². The minimum absolute atomic E-state index is 0.0723. The smallest absolute Gasteiger partial charge is 0.187 e. The average molecular weight is 323 g/mol. The number of hydrogen-bond acceptors (Lipinski definition) is 4. The molecule has 0 unspecified atom stereocenters. The van der Waals surface area contributed by atoms with Crippen LogP contribution in [0.4, 0.5) is 19.0 Å². The maximum atomic E-state index is 14.5. The fourth-order valence-corrected chi connectivity index (χ4v) is 2.93. The predicted octanol–water partition coefficient (Wildman–Crippen LogP) is 2.77. The van der Waals surface area contributed by atoms with Gasteiger partial charge in [0.2, 0.25) is 0 Å².